The van der Waals surface area contributed by atoms with Crippen LogP contribution in [-0.4, -0.2) is 8.80 Å². The van der Waals surface area contributed by atoms with Crippen molar-refractivity contribution in [1.29, 1.82) is 0 Å². The molecule has 0 fully saturated rings. The Balaban J connectivity index is -0.000000226. The maximum atomic E-state index is 3.36. The minimum Gasteiger partial charge on any atom is -0.358 e. The summed E-state index contributed by atoms with van der Waals surface area (Å²) in [4.78, 5) is 0. The first-order valence-corrected chi connectivity index (χ1v) is 12.4. The van der Waals surface area contributed by atoms with Crippen LogP contribution in [0.15, 0.2) is 34.9 Å². The first-order valence-electron chi connectivity index (χ1n) is 10.5. The predicted octanol–water partition coefficient (Wildman–Crippen LogP) is 8.68. The van der Waals surface area contributed by atoms with Gasteiger partial charge in [0.1, 0.15) is 0 Å². The van der Waals surface area contributed by atoms with Gasteiger partial charge < -0.3 is 22.3 Å². The van der Waals surface area contributed by atoms with E-state index in [1.807, 2.05) is 0 Å². The van der Waals surface area contributed by atoms with Crippen molar-refractivity contribution < 1.29 is 21.7 Å². The van der Waals surface area contributed by atoms with Gasteiger partial charge in [-0.3, -0.25) is 6.08 Å². The fraction of sp³-hybridized carbons (Fsp3) is 0.536. The minimum absolute atomic E-state index is 0. The van der Waals surface area contributed by atoms with Gasteiger partial charge in [-0.25, -0.2) is 5.57 Å². The maximum absolute atomic E-state index is 3.36. The molecule has 0 saturated heterocycles. The standard InChI is InChI=1S/C16H27Si.C9H13.3CH3.Ti/c1-5-7-9-17(10-8-6-2)16-12-14(3)11-15(4)13-16;1-6-5-7(2)9(4)8(6)3;;;;/h11-13H,5-10H2,1-4H3;6H,1-4H3;3*1H3;/q;4*-1;+4. The van der Waals surface area contributed by atoms with Gasteiger partial charge in [0.15, 0.2) is 0 Å². The number of benzene rings is 1. The molecule has 1 unspecified atom stereocenters. The van der Waals surface area contributed by atoms with Crippen molar-refractivity contribution in [3.8, 4) is 0 Å². The molecule has 0 amide bonds. The van der Waals surface area contributed by atoms with Crippen molar-refractivity contribution in [3.63, 3.8) is 0 Å². The van der Waals surface area contributed by atoms with Gasteiger partial charge in [-0.2, -0.15) is 11.1 Å². The second-order valence-electron chi connectivity index (χ2n) is 7.99. The summed E-state index contributed by atoms with van der Waals surface area (Å²) in [6.45, 7) is 17.7. The molecule has 0 aliphatic heterocycles. The van der Waals surface area contributed by atoms with Gasteiger partial charge in [-0.1, -0.05) is 113 Å². The molecule has 0 bridgehead atoms. The second kappa shape index (κ2) is 19.3. The average molecular weight is 462 g/mol. The molecule has 0 spiro atoms. The van der Waals surface area contributed by atoms with Gasteiger partial charge in [0.05, 0.1) is 8.80 Å². The summed E-state index contributed by atoms with van der Waals surface area (Å²) < 4.78 is 0. The molecule has 0 aromatic heterocycles. The van der Waals surface area contributed by atoms with Crippen LogP contribution in [-0.2, 0) is 21.7 Å². The first kappa shape index (κ1) is 37.0. The van der Waals surface area contributed by atoms with Gasteiger partial charge in [-0.15, -0.1) is 6.92 Å². The molecule has 1 radical (unpaired) electrons. The van der Waals surface area contributed by atoms with Crippen LogP contribution >= 0.6 is 0 Å². The molecule has 1 aliphatic carbocycles. The molecule has 1 aromatic carbocycles. The normalized spacial score (nSPS) is 14.4. The molecule has 0 nitrogen and oxygen atoms in total. The number of rotatable bonds is 7. The van der Waals surface area contributed by atoms with E-state index >= 15 is 0 Å². The Morgan fingerprint density at radius 2 is 1.23 bits per heavy atom. The topological polar surface area (TPSA) is 0 Å². The Hall–Kier alpha value is -0.369. The van der Waals surface area contributed by atoms with E-state index in [4.69, 9.17) is 0 Å². The van der Waals surface area contributed by atoms with Gasteiger partial charge in [0.25, 0.3) is 0 Å². The van der Waals surface area contributed by atoms with E-state index < -0.39 is 0 Å². The second-order valence-corrected chi connectivity index (χ2v) is 10.8. The summed E-state index contributed by atoms with van der Waals surface area (Å²) in [5, 5.41) is 1.68. The van der Waals surface area contributed by atoms with Gasteiger partial charge in [0, 0.05) is 0 Å². The molecule has 2 heteroatoms. The molecule has 1 aromatic rings. The van der Waals surface area contributed by atoms with Crippen LogP contribution in [0, 0.1) is 48.1 Å². The van der Waals surface area contributed by atoms with Crippen LogP contribution in [0.25, 0.3) is 0 Å². The van der Waals surface area contributed by atoms with Gasteiger partial charge >= 0.3 is 21.7 Å². The molecule has 0 N–H and O–H groups in total. The van der Waals surface area contributed by atoms with E-state index in [1.165, 1.54) is 65.6 Å². The molecular weight excluding hydrogens is 412 g/mol. The Kier molecular flexibility index (Phi) is 23.8. The van der Waals surface area contributed by atoms with Crippen LogP contribution in [0.3, 0.4) is 0 Å². The van der Waals surface area contributed by atoms with Crippen molar-refractivity contribution in [3.05, 3.63) is 74.4 Å². The zero-order valence-corrected chi connectivity index (χ0v) is 24.6. The van der Waals surface area contributed by atoms with Crippen LogP contribution in [0.5, 0.6) is 0 Å². The van der Waals surface area contributed by atoms with Gasteiger partial charge in [-0.05, 0) is 13.8 Å². The molecule has 30 heavy (non-hydrogen) atoms. The molecule has 169 valence electrons. The average Bonchev–Trinajstić information content (AvgIpc) is 2.80. The SMILES string of the molecule is CC1=[C-]C(C)C(C)=C1C.CCCC[Si](CCCC)c1cc(C)cc(C)c1.[CH3-].[CH3-].[CH3-].[Ti+4]. The van der Waals surface area contributed by atoms with Crippen molar-refractivity contribution >= 4 is 14.0 Å². The zero-order valence-electron chi connectivity index (χ0n) is 22.1. The summed E-state index contributed by atoms with van der Waals surface area (Å²) >= 11 is 0. The number of hydrogen-bond acceptors (Lipinski definition) is 0. The van der Waals surface area contributed by atoms with E-state index in [9.17, 15) is 0 Å². The van der Waals surface area contributed by atoms with Crippen LogP contribution in [0.1, 0.15) is 78.4 Å². The van der Waals surface area contributed by atoms with Crippen molar-refractivity contribution in [2.24, 2.45) is 5.92 Å². The van der Waals surface area contributed by atoms with Gasteiger partial charge in [0.2, 0.25) is 0 Å². The van der Waals surface area contributed by atoms with Crippen LogP contribution in [0.4, 0.5) is 0 Å². The Bertz CT molecular complexity index is 599. The summed E-state index contributed by atoms with van der Waals surface area (Å²) in [5.41, 5.74) is 7.13. The van der Waals surface area contributed by atoms with Crippen molar-refractivity contribution in [2.45, 2.75) is 93.2 Å². The quantitative estimate of drug-likeness (QED) is 0.281. The molecule has 1 aliphatic rings. The maximum Gasteiger partial charge on any atom is 4.00 e. The number of hydrogen-bond donors (Lipinski definition) is 0. The van der Waals surface area contributed by atoms with E-state index in [0.717, 1.165) is 0 Å². The van der Waals surface area contributed by atoms with E-state index in [0.29, 0.717) is 5.92 Å². The largest absolute Gasteiger partial charge is 4.00 e. The Morgan fingerprint density at radius 1 is 0.800 bits per heavy atom. The third kappa shape index (κ3) is 12.5. The Morgan fingerprint density at radius 3 is 1.50 bits per heavy atom. The molecular formula is C28H49SiTi. The molecule has 0 heterocycles. The van der Waals surface area contributed by atoms with E-state index in [1.54, 1.807) is 5.19 Å². The molecule has 0 saturated carbocycles. The zero-order chi connectivity index (χ0) is 19.7. The fourth-order valence-corrected chi connectivity index (χ4v) is 6.79. The molecule has 1 atom stereocenters. The first-order chi connectivity index (χ1) is 12.3. The summed E-state index contributed by atoms with van der Waals surface area (Å²) in [7, 11) is -0.292. The third-order valence-electron chi connectivity index (χ3n) is 5.53. The number of aryl methyl sites for hydroxylation is 2. The summed E-state index contributed by atoms with van der Waals surface area (Å²) in [6, 6.07) is 10.1. The number of unbranched alkanes of at least 4 members (excludes halogenated alkanes) is 2. The van der Waals surface area contributed by atoms with Crippen molar-refractivity contribution in [2.75, 3.05) is 0 Å². The van der Waals surface area contributed by atoms with Crippen LogP contribution < -0.4 is 5.19 Å². The van der Waals surface area contributed by atoms with E-state index in [2.05, 4.69) is 79.7 Å². The molecule has 2 rings (SSSR count). The fourth-order valence-electron chi connectivity index (χ4n) is 3.53. The van der Waals surface area contributed by atoms with E-state index in [-0.39, 0.29) is 52.8 Å². The summed E-state index contributed by atoms with van der Waals surface area (Å²) in [6.07, 6.45) is 8.85. The minimum atomic E-state index is -0.292. The number of allylic oxidation sites excluding steroid dienone is 4. The summed E-state index contributed by atoms with van der Waals surface area (Å²) in [5.74, 6) is 0.560. The predicted molar refractivity (Wildman–Crippen MR) is 140 cm³/mol. The monoisotopic (exact) mass is 461 g/mol. The van der Waals surface area contributed by atoms with Crippen molar-refractivity contribution in [1.82, 2.24) is 0 Å². The smallest absolute Gasteiger partial charge is 0.358 e. The third-order valence-corrected chi connectivity index (χ3v) is 8.55. The Labute approximate surface area is 208 Å². The van der Waals surface area contributed by atoms with Crippen LogP contribution in [0.2, 0.25) is 12.1 Å².